The van der Waals surface area contributed by atoms with E-state index < -0.39 is 5.97 Å². The van der Waals surface area contributed by atoms with Crippen LogP contribution in [0.25, 0.3) is 0 Å². The number of hydrogen-bond donors (Lipinski definition) is 1. The second-order valence-corrected chi connectivity index (χ2v) is 8.53. The molecule has 3 aromatic rings. The highest BCUT2D eigenvalue weighted by Crippen LogP contribution is 2.43. The fraction of sp³-hybridized carbons (Fsp3) is 0.333. The monoisotopic (exact) mass is 463 g/mol. The lowest BCUT2D eigenvalue weighted by atomic mass is 9.81. The average Bonchev–Trinajstić information content (AvgIpc) is 3.19. The van der Waals surface area contributed by atoms with E-state index in [1.807, 2.05) is 43.3 Å². The summed E-state index contributed by atoms with van der Waals surface area (Å²) in [4.78, 5) is 29.1. The Hall–Kier alpha value is -3.74. The van der Waals surface area contributed by atoms with Crippen LogP contribution in [0, 0.1) is 13.8 Å². The van der Waals surface area contributed by atoms with E-state index >= 15 is 0 Å². The summed E-state index contributed by atoms with van der Waals surface area (Å²) < 4.78 is 21.9. The van der Waals surface area contributed by atoms with Crippen LogP contribution in [0.15, 0.2) is 36.4 Å². The van der Waals surface area contributed by atoms with Crippen molar-refractivity contribution in [3.8, 4) is 17.2 Å². The number of hydrogen-bond acceptors (Lipinski definition) is 6. The first-order chi connectivity index (χ1) is 16.4. The maximum Gasteiger partial charge on any atom is 0.355 e. The van der Waals surface area contributed by atoms with Crippen molar-refractivity contribution >= 4 is 11.8 Å². The van der Waals surface area contributed by atoms with E-state index in [0.29, 0.717) is 46.9 Å². The zero-order valence-corrected chi connectivity index (χ0v) is 20.1. The number of benzene rings is 2. The first kappa shape index (κ1) is 23.4. The number of ether oxygens (including phenoxy) is 4. The highest BCUT2D eigenvalue weighted by atomic mass is 16.5. The Morgan fingerprint density at radius 2 is 1.62 bits per heavy atom. The van der Waals surface area contributed by atoms with Gasteiger partial charge in [0.1, 0.15) is 12.3 Å². The highest BCUT2D eigenvalue weighted by molar-refractivity contribution is 6.03. The van der Waals surface area contributed by atoms with Gasteiger partial charge in [0.2, 0.25) is 5.75 Å². The molecule has 0 saturated heterocycles. The smallest absolute Gasteiger partial charge is 0.355 e. The van der Waals surface area contributed by atoms with Crippen molar-refractivity contribution in [3.63, 3.8) is 0 Å². The zero-order valence-electron chi connectivity index (χ0n) is 20.1. The number of carbonyl (C=O) groups is 2. The molecule has 0 bridgehead atoms. The van der Waals surface area contributed by atoms with Gasteiger partial charge in [0.05, 0.1) is 21.3 Å². The fourth-order valence-electron chi connectivity index (χ4n) is 4.52. The minimum atomic E-state index is -0.468. The minimum absolute atomic E-state index is 0.00802. The molecule has 1 aromatic heterocycles. The standard InChI is InChI=1S/C27H29NO6/c1-15-6-8-17(9-7-15)14-34-27(30)25-16(2)24-20(28-25)10-18(11-21(24)29)19-12-22(31-3)26(33-5)23(13-19)32-4/h6-9,12-13,18,28H,10-11,14H2,1-5H3/t18-/m1/s1. The molecule has 1 aliphatic carbocycles. The third-order valence-corrected chi connectivity index (χ3v) is 6.34. The summed E-state index contributed by atoms with van der Waals surface area (Å²) in [6.45, 7) is 3.96. The number of ketones is 1. The average molecular weight is 464 g/mol. The molecule has 1 heterocycles. The third-order valence-electron chi connectivity index (χ3n) is 6.34. The summed E-state index contributed by atoms with van der Waals surface area (Å²) in [5.41, 5.74) is 5.26. The number of aromatic amines is 1. The minimum Gasteiger partial charge on any atom is -0.493 e. The van der Waals surface area contributed by atoms with Gasteiger partial charge in [-0.25, -0.2) is 4.79 Å². The summed E-state index contributed by atoms with van der Waals surface area (Å²) in [7, 11) is 4.68. The zero-order chi connectivity index (χ0) is 24.4. The molecule has 7 nitrogen and oxygen atoms in total. The maximum atomic E-state index is 13.1. The van der Waals surface area contributed by atoms with E-state index in [2.05, 4.69) is 4.98 Å². The van der Waals surface area contributed by atoms with Crippen molar-refractivity contribution in [2.24, 2.45) is 0 Å². The number of H-pyrrole nitrogens is 1. The maximum absolute atomic E-state index is 13.1. The molecule has 0 radical (unpaired) electrons. The summed E-state index contributed by atoms with van der Waals surface area (Å²) in [6, 6.07) is 11.6. The number of rotatable bonds is 7. The molecular weight excluding hydrogens is 434 g/mol. The van der Waals surface area contributed by atoms with Gasteiger partial charge >= 0.3 is 5.97 Å². The molecular formula is C27H29NO6. The van der Waals surface area contributed by atoms with E-state index in [-0.39, 0.29) is 18.3 Å². The van der Waals surface area contributed by atoms with Gasteiger partial charge < -0.3 is 23.9 Å². The van der Waals surface area contributed by atoms with Gasteiger partial charge in [-0.1, -0.05) is 29.8 Å². The molecule has 0 saturated carbocycles. The number of methoxy groups -OCH3 is 3. The molecule has 0 unspecified atom stereocenters. The van der Waals surface area contributed by atoms with Crippen LogP contribution in [-0.4, -0.2) is 38.1 Å². The van der Waals surface area contributed by atoms with Crippen molar-refractivity contribution in [3.05, 3.63) is 75.6 Å². The van der Waals surface area contributed by atoms with Gasteiger partial charge in [0, 0.05) is 17.7 Å². The number of carbonyl (C=O) groups excluding carboxylic acids is 2. The molecule has 0 fully saturated rings. The molecule has 4 rings (SSSR count). The molecule has 7 heteroatoms. The van der Waals surface area contributed by atoms with Crippen LogP contribution >= 0.6 is 0 Å². The van der Waals surface area contributed by atoms with Gasteiger partial charge in [-0.05, 0) is 55.0 Å². The van der Waals surface area contributed by atoms with Crippen LogP contribution in [0.2, 0.25) is 0 Å². The molecule has 178 valence electrons. The van der Waals surface area contributed by atoms with E-state index in [9.17, 15) is 9.59 Å². The Kier molecular flexibility index (Phi) is 6.63. The Labute approximate surface area is 199 Å². The molecule has 2 aromatic carbocycles. The van der Waals surface area contributed by atoms with Crippen LogP contribution in [0.4, 0.5) is 0 Å². The lowest BCUT2D eigenvalue weighted by Gasteiger charge is -2.24. The summed E-state index contributed by atoms with van der Waals surface area (Å²) in [6.07, 6.45) is 0.897. The largest absolute Gasteiger partial charge is 0.493 e. The van der Waals surface area contributed by atoms with Crippen LogP contribution < -0.4 is 14.2 Å². The van der Waals surface area contributed by atoms with Crippen molar-refractivity contribution in [2.45, 2.75) is 39.2 Å². The Bertz CT molecular complexity index is 1200. The second-order valence-electron chi connectivity index (χ2n) is 8.53. The third kappa shape index (κ3) is 4.38. The number of fused-ring (bicyclic) bond motifs is 1. The summed E-state index contributed by atoms with van der Waals surface area (Å²) >= 11 is 0. The van der Waals surface area contributed by atoms with Crippen LogP contribution in [-0.2, 0) is 17.8 Å². The Balaban J connectivity index is 1.58. The summed E-state index contributed by atoms with van der Waals surface area (Å²) in [5, 5.41) is 0. The molecule has 0 amide bonds. The van der Waals surface area contributed by atoms with Crippen LogP contribution in [0.5, 0.6) is 17.2 Å². The molecule has 1 atom stereocenters. The van der Waals surface area contributed by atoms with E-state index in [4.69, 9.17) is 18.9 Å². The van der Waals surface area contributed by atoms with Crippen molar-refractivity contribution in [1.29, 1.82) is 0 Å². The van der Waals surface area contributed by atoms with Gasteiger partial charge in [-0.2, -0.15) is 0 Å². The van der Waals surface area contributed by atoms with Gasteiger partial charge in [-0.3, -0.25) is 4.79 Å². The van der Waals surface area contributed by atoms with Crippen molar-refractivity contribution in [2.75, 3.05) is 21.3 Å². The first-order valence-corrected chi connectivity index (χ1v) is 11.1. The van der Waals surface area contributed by atoms with Crippen LogP contribution in [0.1, 0.15) is 61.1 Å². The lowest BCUT2D eigenvalue weighted by molar-refractivity contribution is 0.0465. The number of aromatic nitrogens is 1. The fourth-order valence-corrected chi connectivity index (χ4v) is 4.52. The number of Topliss-reactive ketones (excluding diaryl/α,β-unsaturated/α-hetero) is 1. The normalized spacial score (nSPS) is 15.0. The van der Waals surface area contributed by atoms with Crippen LogP contribution in [0.3, 0.4) is 0 Å². The highest BCUT2D eigenvalue weighted by Gasteiger charge is 2.33. The number of nitrogens with one attached hydrogen (secondary N) is 1. The molecule has 34 heavy (non-hydrogen) atoms. The quantitative estimate of drug-likeness (QED) is 0.500. The number of esters is 1. The first-order valence-electron chi connectivity index (χ1n) is 11.1. The molecule has 0 aliphatic heterocycles. The Morgan fingerprint density at radius 1 is 0.971 bits per heavy atom. The summed E-state index contributed by atoms with van der Waals surface area (Å²) in [5.74, 6) is 1.02. The van der Waals surface area contributed by atoms with Gasteiger partial charge in [-0.15, -0.1) is 0 Å². The van der Waals surface area contributed by atoms with E-state index in [0.717, 1.165) is 22.4 Å². The number of aryl methyl sites for hydroxylation is 1. The topological polar surface area (TPSA) is 86.9 Å². The second kappa shape index (κ2) is 9.63. The Morgan fingerprint density at radius 3 is 2.21 bits per heavy atom. The van der Waals surface area contributed by atoms with Crippen molar-refractivity contribution < 1.29 is 28.5 Å². The molecule has 1 N–H and O–H groups in total. The predicted octanol–water partition coefficient (Wildman–Crippen LogP) is 4.93. The molecule has 0 spiro atoms. The predicted molar refractivity (Wildman–Crippen MR) is 127 cm³/mol. The lowest BCUT2D eigenvalue weighted by Crippen LogP contribution is -2.19. The van der Waals surface area contributed by atoms with E-state index in [1.165, 1.54) is 0 Å². The van der Waals surface area contributed by atoms with Crippen molar-refractivity contribution in [1.82, 2.24) is 4.98 Å². The van der Waals surface area contributed by atoms with E-state index in [1.54, 1.807) is 28.3 Å². The molecule has 1 aliphatic rings. The van der Waals surface area contributed by atoms with Gasteiger partial charge in [0.25, 0.3) is 0 Å². The SMILES string of the molecule is COc1cc([C@H]2CC(=O)c3c([nH]c(C(=O)OCc4ccc(C)cc4)c3C)C2)cc(OC)c1OC. The van der Waals surface area contributed by atoms with Gasteiger partial charge in [0.15, 0.2) is 17.3 Å².